The first-order valence-electron chi connectivity index (χ1n) is 12.5. The third-order valence-corrected chi connectivity index (χ3v) is 6.54. The minimum Gasteiger partial charge on any atom is -0.369 e. The molecule has 1 aromatic carbocycles. The van der Waals surface area contributed by atoms with Gasteiger partial charge in [-0.05, 0) is 37.2 Å². The van der Waals surface area contributed by atoms with Gasteiger partial charge in [0.05, 0.1) is 16.8 Å². The second-order valence-electron chi connectivity index (χ2n) is 8.89. The van der Waals surface area contributed by atoms with E-state index in [9.17, 15) is 4.79 Å². The number of para-hydroxylation sites is 1. The number of carbonyl (C=O) groups excluding carboxylic acids is 1. The second kappa shape index (κ2) is 12.2. The lowest BCUT2D eigenvalue weighted by molar-refractivity contribution is 0.0964. The van der Waals surface area contributed by atoms with Crippen LogP contribution < -0.4 is 20.9 Å². The molecule has 1 atom stereocenters. The smallest absolute Gasteiger partial charge is 0.251 e. The molecule has 192 valence electrons. The van der Waals surface area contributed by atoms with E-state index >= 15 is 0 Å². The van der Waals surface area contributed by atoms with Crippen LogP contribution in [0.4, 0.5) is 11.6 Å². The number of aromatic nitrogens is 4. The number of nitrogens with zero attached hydrogens (tertiary/aromatic N) is 5. The quantitative estimate of drug-likeness (QED) is 0.287. The number of nitrogens with one attached hydrogen (secondary N) is 3. The number of carbonyl (C=O) groups is 1. The molecule has 4 rings (SSSR count). The Morgan fingerprint density at radius 1 is 1.05 bits per heavy atom. The van der Waals surface area contributed by atoms with Gasteiger partial charge in [-0.25, -0.2) is 15.0 Å². The summed E-state index contributed by atoms with van der Waals surface area (Å²) < 4.78 is 0. The predicted octanol–water partition coefficient (Wildman–Crippen LogP) is 3.71. The number of anilines is 2. The highest BCUT2D eigenvalue weighted by Gasteiger charge is 2.17. The van der Waals surface area contributed by atoms with Crippen LogP contribution in [-0.4, -0.2) is 66.6 Å². The summed E-state index contributed by atoms with van der Waals surface area (Å²) >= 11 is 0. The third kappa shape index (κ3) is 6.00. The van der Waals surface area contributed by atoms with E-state index in [4.69, 9.17) is 0 Å². The number of rotatable bonds is 11. The maximum absolute atomic E-state index is 12.4. The van der Waals surface area contributed by atoms with Gasteiger partial charge >= 0.3 is 0 Å². The van der Waals surface area contributed by atoms with Crippen LogP contribution in [0.25, 0.3) is 22.2 Å². The molecule has 3 N–H and O–H groups in total. The van der Waals surface area contributed by atoms with E-state index in [1.54, 1.807) is 25.6 Å². The molecule has 3 aromatic heterocycles. The van der Waals surface area contributed by atoms with Gasteiger partial charge in [-0.2, -0.15) is 0 Å². The van der Waals surface area contributed by atoms with E-state index in [0.29, 0.717) is 12.1 Å². The molecule has 37 heavy (non-hydrogen) atoms. The van der Waals surface area contributed by atoms with Gasteiger partial charge in [0.1, 0.15) is 18.0 Å². The molecule has 0 fully saturated rings. The van der Waals surface area contributed by atoms with E-state index in [1.165, 1.54) is 0 Å². The summed E-state index contributed by atoms with van der Waals surface area (Å²) in [5, 5.41) is 10.2. The zero-order valence-corrected chi connectivity index (χ0v) is 21.8. The minimum atomic E-state index is -0.114. The van der Waals surface area contributed by atoms with E-state index in [2.05, 4.69) is 53.8 Å². The van der Waals surface area contributed by atoms with Crippen molar-refractivity contribution >= 4 is 28.4 Å². The fourth-order valence-corrected chi connectivity index (χ4v) is 4.33. The molecule has 0 saturated heterocycles. The van der Waals surface area contributed by atoms with Crippen molar-refractivity contribution in [2.45, 2.75) is 19.3 Å². The summed E-state index contributed by atoms with van der Waals surface area (Å²) in [6, 6.07) is 13.8. The average molecular weight is 499 g/mol. The summed E-state index contributed by atoms with van der Waals surface area (Å²) in [7, 11) is 5.61. The van der Waals surface area contributed by atoms with Gasteiger partial charge in [-0.15, -0.1) is 0 Å². The normalized spacial score (nSPS) is 11.8. The third-order valence-electron chi connectivity index (χ3n) is 6.54. The molecule has 3 heterocycles. The molecule has 1 amide bonds. The van der Waals surface area contributed by atoms with Crippen molar-refractivity contribution in [3.8, 4) is 11.3 Å². The SMILES string of the molecule is CCC(CNc1cc(-c2ccc(N(C)CCNC)nc2)ncn1)c1cccc2c(C(=O)NC)ccnc12. The first-order chi connectivity index (χ1) is 18.0. The standard InChI is InChI=1S/C28H34N8O/c1-5-19(21-7-6-8-22-23(28(37)30-3)11-12-31-27(21)22)16-32-25-15-24(34-18-35-25)20-9-10-26(33-17-20)36(4)14-13-29-2/h6-12,15,17-19,29H,5,13-14,16H2,1-4H3,(H,30,37)(H,32,34,35). The number of fused-ring (bicyclic) bond motifs is 1. The zero-order valence-electron chi connectivity index (χ0n) is 21.8. The Labute approximate surface area is 217 Å². The molecule has 0 aliphatic rings. The maximum atomic E-state index is 12.4. The average Bonchev–Trinajstić information content (AvgIpc) is 2.95. The molecule has 9 heteroatoms. The second-order valence-corrected chi connectivity index (χ2v) is 8.89. The van der Waals surface area contributed by atoms with Crippen molar-refractivity contribution in [3.05, 3.63) is 72.3 Å². The molecular weight excluding hydrogens is 464 g/mol. The number of likely N-dealkylation sites (N-methyl/N-ethyl adjacent to an activating group) is 2. The van der Waals surface area contributed by atoms with Crippen molar-refractivity contribution in [1.29, 1.82) is 0 Å². The summed E-state index contributed by atoms with van der Waals surface area (Å²) in [5.74, 6) is 1.73. The number of amides is 1. The van der Waals surface area contributed by atoms with Crippen molar-refractivity contribution in [1.82, 2.24) is 30.6 Å². The molecular formula is C28H34N8O. The molecule has 0 aliphatic carbocycles. The van der Waals surface area contributed by atoms with Crippen molar-refractivity contribution in [3.63, 3.8) is 0 Å². The van der Waals surface area contributed by atoms with Crippen molar-refractivity contribution in [2.24, 2.45) is 0 Å². The Bertz CT molecular complexity index is 1340. The predicted molar refractivity (Wildman–Crippen MR) is 149 cm³/mol. The van der Waals surface area contributed by atoms with Gasteiger partial charge in [0.25, 0.3) is 5.91 Å². The van der Waals surface area contributed by atoms with Gasteiger partial charge in [-0.3, -0.25) is 9.78 Å². The molecule has 1 unspecified atom stereocenters. The number of benzene rings is 1. The summed E-state index contributed by atoms with van der Waals surface area (Å²) in [5.41, 5.74) is 4.33. The van der Waals surface area contributed by atoms with Gasteiger partial charge in [0, 0.05) is 69.1 Å². The topological polar surface area (TPSA) is 108 Å². The van der Waals surface area contributed by atoms with Crippen LogP contribution in [0, 0.1) is 0 Å². The first-order valence-corrected chi connectivity index (χ1v) is 12.5. The first kappa shape index (κ1) is 26.0. The Balaban J connectivity index is 1.51. The van der Waals surface area contributed by atoms with Crippen LogP contribution >= 0.6 is 0 Å². The minimum absolute atomic E-state index is 0.114. The highest BCUT2D eigenvalue weighted by Crippen LogP contribution is 2.29. The van der Waals surface area contributed by atoms with Crippen LogP contribution in [0.15, 0.2) is 61.2 Å². The summed E-state index contributed by atoms with van der Waals surface area (Å²) in [6.45, 7) is 4.59. The number of hydrogen-bond donors (Lipinski definition) is 3. The van der Waals surface area contributed by atoms with Gasteiger partial charge < -0.3 is 20.9 Å². The van der Waals surface area contributed by atoms with E-state index < -0.39 is 0 Å². The van der Waals surface area contributed by atoms with Crippen LogP contribution in [0.5, 0.6) is 0 Å². The lowest BCUT2D eigenvalue weighted by Gasteiger charge is -2.19. The lowest BCUT2D eigenvalue weighted by Crippen LogP contribution is -2.27. The van der Waals surface area contributed by atoms with E-state index in [-0.39, 0.29) is 11.8 Å². The Morgan fingerprint density at radius 3 is 2.65 bits per heavy atom. The van der Waals surface area contributed by atoms with Gasteiger partial charge in [0.15, 0.2) is 0 Å². The maximum Gasteiger partial charge on any atom is 0.251 e. The fourth-order valence-electron chi connectivity index (χ4n) is 4.33. The molecule has 0 saturated carbocycles. The van der Waals surface area contributed by atoms with Crippen LogP contribution in [0.2, 0.25) is 0 Å². The summed E-state index contributed by atoms with van der Waals surface area (Å²) in [4.78, 5) is 32.6. The van der Waals surface area contributed by atoms with Crippen molar-refractivity contribution in [2.75, 3.05) is 51.0 Å². The van der Waals surface area contributed by atoms with Crippen LogP contribution in [0.3, 0.4) is 0 Å². The Hall–Kier alpha value is -4.11. The molecule has 9 nitrogen and oxygen atoms in total. The molecule has 0 bridgehead atoms. The lowest BCUT2D eigenvalue weighted by atomic mass is 9.92. The van der Waals surface area contributed by atoms with E-state index in [1.807, 2.05) is 50.6 Å². The van der Waals surface area contributed by atoms with E-state index in [0.717, 1.165) is 58.9 Å². The monoisotopic (exact) mass is 498 g/mol. The highest BCUT2D eigenvalue weighted by atomic mass is 16.1. The Morgan fingerprint density at radius 2 is 1.92 bits per heavy atom. The van der Waals surface area contributed by atoms with Crippen LogP contribution in [-0.2, 0) is 0 Å². The number of hydrogen-bond acceptors (Lipinski definition) is 8. The molecule has 4 aromatic rings. The van der Waals surface area contributed by atoms with Gasteiger partial charge in [0.2, 0.25) is 0 Å². The largest absolute Gasteiger partial charge is 0.369 e. The van der Waals surface area contributed by atoms with Crippen molar-refractivity contribution < 1.29 is 4.79 Å². The molecule has 0 aliphatic heterocycles. The molecule has 0 radical (unpaired) electrons. The zero-order chi connectivity index (χ0) is 26.2. The van der Waals surface area contributed by atoms with Crippen LogP contribution in [0.1, 0.15) is 35.2 Å². The highest BCUT2D eigenvalue weighted by molar-refractivity contribution is 6.06. The summed E-state index contributed by atoms with van der Waals surface area (Å²) in [6.07, 6.45) is 6.02. The Kier molecular flexibility index (Phi) is 8.58. The fraction of sp³-hybridized carbons (Fsp3) is 0.321. The molecule has 0 spiro atoms. The van der Waals surface area contributed by atoms with Gasteiger partial charge in [-0.1, -0.05) is 25.1 Å². The number of pyridine rings is 2.